The van der Waals surface area contributed by atoms with Gasteiger partial charge in [0, 0.05) is 18.2 Å². The highest BCUT2D eigenvalue weighted by molar-refractivity contribution is 6.32. The summed E-state index contributed by atoms with van der Waals surface area (Å²) in [5, 5.41) is 14.5. The number of aryl methyl sites for hydroxylation is 2. The number of aliphatic hydroxyl groups is 1. The first-order chi connectivity index (χ1) is 9.04. The molecular weight excluding hydrogens is 287 g/mol. The van der Waals surface area contributed by atoms with Crippen LogP contribution in [-0.4, -0.2) is 14.9 Å². The molecule has 0 fully saturated rings. The van der Waals surface area contributed by atoms with E-state index in [0.29, 0.717) is 21.5 Å². The number of halogens is 2. The summed E-state index contributed by atoms with van der Waals surface area (Å²) in [6.07, 6.45) is 0. The van der Waals surface area contributed by atoms with Crippen LogP contribution in [0, 0.1) is 6.92 Å². The Morgan fingerprint density at radius 1 is 1.37 bits per heavy atom. The summed E-state index contributed by atoms with van der Waals surface area (Å²) in [7, 11) is 1.77. The molecule has 0 spiro atoms. The number of benzene rings is 1. The SMILES string of the molecule is Cc1nn(C)c(Cl)c1COc1c(Cl)cccc1CO. The highest BCUT2D eigenvalue weighted by Crippen LogP contribution is 2.30. The second kappa shape index (κ2) is 5.82. The number of para-hydroxylation sites is 1. The predicted octanol–water partition coefficient (Wildman–Crippen LogP) is 3.11. The van der Waals surface area contributed by atoms with E-state index >= 15 is 0 Å². The Morgan fingerprint density at radius 2 is 2.11 bits per heavy atom. The van der Waals surface area contributed by atoms with Gasteiger partial charge in [0.1, 0.15) is 17.5 Å². The first-order valence-corrected chi connectivity index (χ1v) is 6.49. The van der Waals surface area contributed by atoms with Gasteiger partial charge >= 0.3 is 0 Å². The quantitative estimate of drug-likeness (QED) is 0.944. The number of hydrogen-bond donors (Lipinski definition) is 1. The lowest BCUT2D eigenvalue weighted by Gasteiger charge is -2.11. The Hall–Kier alpha value is -1.23. The molecule has 2 aromatic rings. The smallest absolute Gasteiger partial charge is 0.143 e. The average Bonchev–Trinajstić information content (AvgIpc) is 2.62. The third-order valence-electron chi connectivity index (χ3n) is 2.85. The Balaban J connectivity index is 2.24. The van der Waals surface area contributed by atoms with Crippen LogP contribution in [0.1, 0.15) is 16.8 Å². The Bertz CT molecular complexity index is 597. The summed E-state index contributed by atoms with van der Waals surface area (Å²) in [6.45, 7) is 2.00. The molecule has 0 saturated heterocycles. The molecule has 1 N–H and O–H groups in total. The fourth-order valence-electron chi connectivity index (χ4n) is 1.82. The molecule has 4 nitrogen and oxygen atoms in total. The largest absolute Gasteiger partial charge is 0.487 e. The van der Waals surface area contributed by atoms with Crippen molar-refractivity contribution < 1.29 is 9.84 Å². The zero-order chi connectivity index (χ0) is 14.0. The van der Waals surface area contributed by atoms with Crippen LogP contribution in [-0.2, 0) is 20.3 Å². The lowest BCUT2D eigenvalue weighted by atomic mass is 10.2. The fraction of sp³-hybridized carbons (Fsp3) is 0.308. The first kappa shape index (κ1) is 14.2. The minimum absolute atomic E-state index is 0.129. The maximum atomic E-state index is 9.27. The monoisotopic (exact) mass is 300 g/mol. The number of rotatable bonds is 4. The summed E-state index contributed by atoms with van der Waals surface area (Å²) >= 11 is 12.2. The van der Waals surface area contributed by atoms with Crippen molar-refractivity contribution >= 4 is 23.2 Å². The Kier molecular flexibility index (Phi) is 4.34. The average molecular weight is 301 g/mol. The van der Waals surface area contributed by atoms with Crippen LogP contribution in [0.2, 0.25) is 10.2 Å². The van der Waals surface area contributed by atoms with E-state index in [0.717, 1.165) is 11.3 Å². The summed E-state index contributed by atoms with van der Waals surface area (Å²) in [4.78, 5) is 0. The van der Waals surface area contributed by atoms with E-state index < -0.39 is 0 Å². The first-order valence-electron chi connectivity index (χ1n) is 5.73. The standard InChI is InChI=1S/C13H14Cl2N2O2/c1-8-10(13(15)17(2)16-8)7-19-12-9(6-18)4-3-5-11(12)14/h3-5,18H,6-7H2,1-2H3. The van der Waals surface area contributed by atoms with Gasteiger partial charge in [-0.1, -0.05) is 35.3 Å². The van der Waals surface area contributed by atoms with Crippen LogP contribution in [0.25, 0.3) is 0 Å². The van der Waals surface area contributed by atoms with Gasteiger partial charge in [-0.2, -0.15) is 5.10 Å². The molecule has 1 aromatic heterocycles. The number of nitrogens with zero attached hydrogens (tertiary/aromatic N) is 2. The number of ether oxygens (including phenoxy) is 1. The summed E-state index contributed by atoms with van der Waals surface area (Å²) in [5.74, 6) is 0.478. The van der Waals surface area contributed by atoms with E-state index in [4.69, 9.17) is 27.9 Å². The molecule has 0 aliphatic rings. The van der Waals surface area contributed by atoms with Gasteiger partial charge in [-0.15, -0.1) is 0 Å². The lowest BCUT2D eigenvalue weighted by Crippen LogP contribution is -2.00. The van der Waals surface area contributed by atoms with E-state index in [2.05, 4.69) is 5.10 Å². The minimum Gasteiger partial charge on any atom is -0.487 e. The van der Waals surface area contributed by atoms with Crippen LogP contribution in [0.3, 0.4) is 0 Å². The van der Waals surface area contributed by atoms with Gasteiger partial charge in [0.2, 0.25) is 0 Å². The third-order valence-corrected chi connectivity index (χ3v) is 3.62. The molecule has 0 unspecified atom stereocenters. The molecule has 1 heterocycles. The molecule has 0 bridgehead atoms. The van der Waals surface area contributed by atoms with Gasteiger partial charge in [-0.05, 0) is 13.0 Å². The van der Waals surface area contributed by atoms with Gasteiger partial charge in [-0.25, -0.2) is 0 Å². The highest BCUT2D eigenvalue weighted by atomic mass is 35.5. The predicted molar refractivity (Wildman–Crippen MR) is 74.7 cm³/mol. The molecule has 0 aliphatic carbocycles. The van der Waals surface area contributed by atoms with Crippen LogP contribution in [0.15, 0.2) is 18.2 Å². The molecule has 102 valence electrons. The third kappa shape index (κ3) is 2.86. The van der Waals surface area contributed by atoms with Gasteiger partial charge in [0.05, 0.1) is 17.3 Å². The molecule has 19 heavy (non-hydrogen) atoms. The molecule has 1 aromatic carbocycles. The van der Waals surface area contributed by atoms with Crippen LogP contribution < -0.4 is 4.74 Å². The van der Waals surface area contributed by atoms with Crippen molar-refractivity contribution in [1.29, 1.82) is 0 Å². The molecule has 0 amide bonds. The normalized spacial score (nSPS) is 10.8. The number of aliphatic hydroxyl groups excluding tert-OH is 1. The van der Waals surface area contributed by atoms with Crippen molar-refractivity contribution in [1.82, 2.24) is 9.78 Å². The highest BCUT2D eigenvalue weighted by Gasteiger charge is 2.14. The molecule has 0 radical (unpaired) electrons. The molecular formula is C13H14Cl2N2O2. The second-order valence-corrected chi connectivity index (χ2v) is 4.92. The van der Waals surface area contributed by atoms with Gasteiger partial charge in [-0.3, -0.25) is 4.68 Å². The van der Waals surface area contributed by atoms with Crippen molar-refractivity contribution in [2.75, 3.05) is 0 Å². The number of hydrogen-bond acceptors (Lipinski definition) is 3. The van der Waals surface area contributed by atoms with E-state index in [-0.39, 0.29) is 13.2 Å². The molecule has 0 saturated carbocycles. The summed E-state index contributed by atoms with van der Waals surface area (Å²) < 4.78 is 7.28. The maximum Gasteiger partial charge on any atom is 0.143 e. The van der Waals surface area contributed by atoms with Crippen LogP contribution in [0.4, 0.5) is 0 Å². The molecule has 2 rings (SSSR count). The van der Waals surface area contributed by atoms with E-state index in [1.165, 1.54) is 0 Å². The Labute approximate surface area is 121 Å². The Morgan fingerprint density at radius 3 is 2.68 bits per heavy atom. The van der Waals surface area contributed by atoms with Crippen LogP contribution >= 0.6 is 23.2 Å². The zero-order valence-electron chi connectivity index (χ0n) is 10.7. The van der Waals surface area contributed by atoms with Crippen LogP contribution in [0.5, 0.6) is 5.75 Å². The lowest BCUT2D eigenvalue weighted by molar-refractivity contribution is 0.259. The van der Waals surface area contributed by atoms with Crippen molar-refractivity contribution in [3.63, 3.8) is 0 Å². The van der Waals surface area contributed by atoms with Gasteiger partial charge < -0.3 is 9.84 Å². The van der Waals surface area contributed by atoms with Crippen molar-refractivity contribution in [2.45, 2.75) is 20.1 Å². The molecule has 0 aliphatic heterocycles. The van der Waals surface area contributed by atoms with Gasteiger partial charge in [0.25, 0.3) is 0 Å². The van der Waals surface area contributed by atoms with Gasteiger partial charge in [0.15, 0.2) is 0 Å². The minimum atomic E-state index is -0.129. The van der Waals surface area contributed by atoms with E-state index in [1.807, 2.05) is 6.92 Å². The number of aromatic nitrogens is 2. The van der Waals surface area contributed by atoms with Crippen molar-refractivity contribution in [3.05, 3.63) is 45.2 Å². The maximum absolute atomic E-state index is 9.27. The molecule has 6 heteroatoms. The topological polar surface area (TPSA) is 47.3 Å². The van der Waals surface area contributed by atoms with E-state index in [1.54, 1.807) is 29.9 Å². The molecule has 0 atom stereocenters. The summed E-state index contributed by atoms with van der Waals surface area (Å²) in [5.41, 5.74) is 2.27. The second-order valence-electron chi connectivity index (χ2n) is 4.15. The summed E-state index contributed by atoms with van der Waals surface area (Å²) in [6, 6.07) is 5.25. The van der Waals surface area contributed by atoms with E-state index in [9.17, 15) is 5.11 Å². The fourth-order valence-corrected chi connectivity index (χ4v) is 2.30. The van der Waals surface area contributed by atoms with Crippen molar-refractivity contribution in [3.8, 4) is 5.75 Å². The zero-order valence-corrected chi connectivity index (χ0v) is 12.2. The van der Waals surface area contributed by atoms with Crippen molar-refractivity contribution in [2.24, 2.45) is 7.05 Å².